The SMILES string of the molecule is COc1cc2c(cc1OCc1ccccc1)CCNC2/C=C/c1c[nH]c2ccccc12. The van der Waals surface area contributed by atoms with E-state index in [4.69, 9.17) is 9.47 Å². The van der Waals surface area contributed by atoms with Crippen molar-refractivity contribution in [1.82, 2.24) is 10.3 Å². The molecule has 1 aromatic heterocycles. The Bertz CT molecular complexity index is 1210. The molecule has 0 aliphatic carbocycles. The van der Waals surface area contributed by atoms with Gasteiger partial charge in [0.05, 0.1) is 13.2 Å². The smallest absolute Gasteiger partial charge is 0.161 e. The van der Waals surface area contributed by atoms with E-state index in [0.29, 0.717) is 6.61 Å². The monoisotopic (exact) mass is 410 g/mol. The Morgan fingerprint density at radius 3 is 2.71 bits per heavy atom. The number of fused-ring (bicyclic) bond motifs is 2. The predicted molar refractivity (Wildman–Crippen MR) is 126 cm³/mol. The molecule has 1 aliphatic heterocycles. The number of methoxy groups -OCH3 is 1. The van der Waals surface area contributed by atoms with Crippen LogP contribution in [0.5, 0.6) is 11.5 Å². The minimum Gasteiger partial charge on any atom is -0.493 e. The molecule has 0 bridgehead atoms. The third kappa shape index (κ3) is 4.07. The van der Waals surface area contributed by atoms with E-state index in [9.17, 15) is 0 Å². The first kappa shape index (κ1) is 19.5. The Labute approximate surface area is 182 Å². The summed E-state index contributed by atoms with van der Waals surface area (Å²) < 4.78 is 11.8. The molecule has 0 radical (unpaired) electrons. The van der Waals surface area contributed by atoms with Crippen molar-refractivity contribution in [2.24, 2.45) is 0 Å². The van der Waals surface area contributed by atoms with Gasteiger partial charge in [-0.15, -0.1) is 0 Å². The minimum absolute atomic E-state index is 0.134. The summed E-state index contributed by atoms with van der Waals surface area (Å²) in [5.74, 6) is 1.57. The lowest BCUT2D eigenvalue weighted by molar-refractivity contribution is 0.283. The van der Waals surface area contributed by atoms with Crippen LogP contribution < -0.4 is 14.8 Å². The molecular formula is C27H26N2O2. The lowest BCUT2D eigenvalue weighted by Gasteiger charge is -2.26. The lowest BCUT2D eigenvalue weighted by Crippen LogP contribution is -2.28. The second-order valence-electron chi connectivity index (χ2n) is 7.81. The van der Waals surface area contributed by atoms with Gasteiger partial charge in [0, 0.05) is 23.6 Å². The van der Waals surface area contributed by atoms with Crippen LogP contribution in [0.15, 0.2) is 79.0 Å². The summed E-state index contributed by atoms with van der Waals surface area (Å²) in [6.07, 6.45) is 7.46. The lowest BCUT2D eigenvalue weighted by atomic mass is 9.93. The topological polar surface area (TPSA) is 46.3 Å². The Balaban J connectivity index is 1.40. The van der Waals surface area contributed by atoms with Crippen molar-refractivity contribution in [2.45, 2.75) is 19.1 Å². The van der Waals surface area contributed by atoms with Crippen molar-refractivity contribution in [3.63, 3.8) is 0 Å². The fraction of sp³-hybridized carbons (Fsp3) is 0.185. The summed E-state index contributed by atoms with van der Waals surface area (Å²) in [6.45, 7) is 1.46. The van der Waals surface area contributed by atoms with E-state index < -0.39 is 0 Å². The minimum atomic E-state index is 0.134. The number of hydrogen-bond acceptors (Lipinski definition) is 3. The third-order valence-electron chi connectivity index (χ3n) is 5.85. The molecule has 156 valence electrons. The van der Waals surface area contributed by atoms with Crippen LogP contribution in [0, 0.1) is 0 Å². The number of aromatic nitrogens is 1. The summed E-state index contributed by atoms with van der Waals surface area (Å²) in [5.41, 5.74) is 6.03. The first-order valence-corrected chi connectivity index (χ1v) is 10.7. The van der Waals surface area contributed by atoms with Gasteiger partial charge in [0.1, 0.15) is 6.61 Å². The van der Waals surface area contributed by atoms with Gasteiger partial charge in [-0.3, -0.25) is 0 Å². The largest absolute Gasteiger partial charge is 0.493 e. The van der Waals surface area contributed by atoms with Crippen molar-refractivity contribution in [3.05, 3.63) is 101 Å². The molecule has 0 spiro atoms. The van der Waals surface area contributed by atoms with Gasteiger partial charge in [0.25, 0.3) is 0 Å². The fourth-order valence-electron chi connectivity index (χ4n) is 4.21. The van der Waals surface area contributed by atoms with Gasteiger partial charge in [-0.1, -0.05) is 60.7 Å². The second kappa shape index (κ2) is 8.70. The molecule has 1 aliphatic rings. The first-order chi connectivity index (χ1) is 15.3. The van der Waals surface area contributed by atoms with Crippen molar-refractivity contribution >= 4 is 17.0 Å². The molecule has 2 heterocycles. The van der Waals surface area contributed by atoms with Gasteiger partial charge in [-0.2, -0.15) is 0 Å². The maximum Gasteiger partial charge on any atom is 0.161 e. The highest BCUT2D eigenvalue weighted by Crippen LogP contribution is 2.36. The Hall–Kier alpha value is -3.50. The van der Waals surface area contributed by atoms with Crippen molar-refractivity contribution in [1.29, 1.82) is 0 Å². The fourth-order valence-corrected chi connectivity index (χ4v) is 4.21. The van der Waals surface area contributed by atoms with Crippen molar-refractivity contribution < 1.29 is 9.47 Å². The van der Waals surface area contributed by atoms with Crippen molar-refractivity contribution in [3.8, 4) is 11.5 Å². The molecule has 0 amide bonds. The van der Waals surface area contributed by atoms with E-state index in [1.54, 1.807) is 7.11 Å². The molecule has 4 heteroatoms. The maximum absolute atomic E-state index is 6.11. The number of ether oxygens (including phenoxy) is 2. The van der Waals surface area contributed by atoms with E-state index in [2.05, 4.69) is 77.2 Å². The van der Waals surface area contributed by atoms with Crippen molar-refractivity contribution in [2.75, 3.05) is 13.7 Å². The molecule has 0 saturated heterocycles. The quantitative estimate of drug-likeness (QED) is 0.431. The van der Waals surface area contributed by atoms with Crippen LogP contribution in [0.3, 0.4) is 0 Å². The van der Waals surface area contributed by atoms with Crippen LogP contribution in [0.2, 0.25) is 0 Å². The molecule has 4 nitrogen and oxygen atoms in total. The van der Waals surface area contributed by atoms with Gasteiger partial charge in [0.15, 0.2) is 11.5 Å². The summed E-state index contributed by atoms with van der Waals surface area (Å²) in [6, 6.07) is 23.0. The van der Waals surface area contributed by atoms with Gasteiger partial charge < -0.3 is 19.8 Å². The number of nitrogens with one attached hydrogen (secondary N) is 2. The summed E-state index contributed by atoms with van der Waals surface area (Å²) in [4.78, 5) is 3.34. The number of H-pyrrole nitrogens is 1. The normalized spacial score (nSPS) is 15.8. The number of para-hydroxylation sites is 1. The molecular weight excluding hydrogens is 384 g/mol. The Morgan fingerprint density at radius 1 is 1.00 bits per heavy atom. The summed E-state index contributed by atoms with van der Waals surface area (Å²) in [5, 5.41) is 4.85. The maximum atomic E-state index is 6.11. The molecule has 1 atom stereocenters. The molecule has 3 aromatic carbocycles. The van der Waals surface area contributed by atoms with Gasteiger partial charge in [-0.05, 0) is 46.9 Å². The van der Waals surface area contributed by atoms with Crippen LogP contribution >= 0.6 is 0 Å². The zero-order chi connectivity index (χ0) is 21.0. The first-order valence-electron chi connectivity index (χ1n) is 10.7. The predicted octanol–water partition coefficient (Wildman–Crippen LogP) is 5.66. The zero-order valence-electron chi connectivity index (χ0n) is 17.6. The Morgan fingerprint density at radius 2 is 1.84 bits per heavy atom. The van der Waals surface area contributed by atoms with E-state index >= 15 is 0 Å². The third-order valence-corrected chi connectivity index (χ3v) is 5.85. The van der Waals surface area contributed by atoms with Gasteiger partial charge in [0.2, 0.25) is 0 Å². The van der Waals surface area contributed by atoms with Crippen LogP contribution in [0.4, 0.5) is 0 Å². The summed E-state index contributed by atoms with van der Waals surface area (Å²) in [7, 11) is 1.70. The zero-order valence-corrected chi connectivity index (χ0v) is 17.6. The number of rotatable bonds is 6. The van der Waals surface area contributed by atoms with E-state index in [-0.39, 0.29) is 6.04 Å². The van der Waals surface area contributed by atoms with E-state index in [1.165, 1.54) is 22.1 Å². The molecule has 2 N–H and O–H groups in total. The van der Waals surface area contributed by atoms with Crippen LogP contribution in [0.25, 0.3) is 17.0 Å². The molecule has 31 heavy (non-hydrogen) atoms. The second-order valence-corrected chi connectivity index (χ2v) is 7.81. The molecule has 5 rings (SSSR count). The standard InChI is InChI=1S/C27H26N2O2/c1-30-26-16-23-20(15-27(26)31-18-19-7-3-2-4-8-19)13-14-28-25(23)12-11-21-17-29-24-10-6-5-9-22(21)24/h2-12,15-17,25,28-29H,13-14,18H2,1H3/b12-11+. The highest BCUT2D eigenvalue weighted by atomic mass is 16.5. The van der Waals surface area contributed by atoms with Gasteiger partial charge >= 0.3 is 0 Å². The highest BCUT2D eigenvalue weighted by molar-refractivity contribution is 5.88. The molecule has 4 aromatic rings. The number of benzene rings is 3. The average Bonchev–Trinajstić information content (AvgIpc) is 3.24. The van der Waals surface area contributed by atoms with Crippen LogP contribution in [0.1, 0.15) is 28.3 Å². The summed E-state index contributed by atoms with van der Waals surface area (Å²) >= 11 is 0. The molecule has 0 fully saturated rings. The van der Waals surface area contributed by atoms with E-state index in [0.717, 1.165) is 35.5 Å². The van der Waals surface area contributed by atoms with Gasteiger partial charge in [-0.25, -0.2) is 0 Å². The average molecular weight is 411 g/mol. The molecule has 0 saturated carbocycles. The number of hydrogen-bond donors (Lipinski definition) is 2. The number of aromatic amines is 1. The van der Waals surface area contributed by atoms with E-state index in [1.807, 2.05) is 18.2 Å². The van der Waals surface area contributed by atoms with Crippen LogP contribution in [-0.2, 0) is 13.0 Å². The molecule has 1 unspecified atom stereocenters. The Kier molecular flexibility index (Phi) is 5.46. The van der Waals surface area contributed by atoms with Crippen LogP contribution in [-0.4, -0.2) is 18.6 Å². The highest BCUT2D eigenvalue weighted by Gasteiger charge is 2.21.